The summed E-state index contributed by atoms with van der Waals surface area (Å²) in [6.45, 7) is 11.1. The third-order valence-electron chi connectivity index (χ3n) is 2.08. The standard InChI is InChI=1S/C10H21NO/c1-6-9(2)11-8-7-10(3,4)12-5/h11H,2,6-8H2,1,3-5H3. The van der Waals surface area contributed by atoms with Crippen LogP contribution < -0.4 is 5.32 Å². The third kappa shape index (κ3) is 5.19. The Labute approximate surface area is 76.0 Å². The fraction of sp³-hybridized carbons (Fsp3) is 0.800. The molecule has 0 rings (SSSR count). The summed E-state index contributed by atoms with van der Waals surface area (Å²) < 4.78 is 5.28. The zero-order valence-electron chi connectivity index (χ0n) is 8.74. The summed E-state index contributed by atoms with van der Waals surface area (Å²) in [4.78, 5) is 0. The monoisotopic (exact) mass is 171 g/mol. The van der Waals surface area contributed by atoms with Crippen LogP contribution in [0.15, 0.2) is 12.3 Å². The van der Waals surface area contributed by atoms with E-state index in [0.717, 1.165) is 25.1 Å². The first-order valence-corrected chi connectivity index (χ1v) is 4.48. The van der Waals surface area contributed by atoms with Gasteiger partial charge in [0.05, 0.1) is 5.60 Å². The van der Waals surface area contributed by atoms with Crippen molar-refractivity contribution in [1.29, 1.82) is 0 Å². The maximum atomic E-state index is 5.28. The summed E-state index contributed by atoms with van der Waals surface area (Å²) in [5.41, 5.74) is 1.07. The lowest BCUT2D eigenvalue weighted by Crippen LogP contribution is -2.28. The van der Waals surface area contributed by atoms with Crippen LogP contribution in [0.5, 0.6) is 0 Å². The van der Waals surface area contributed by atoms with E-state index in [-0.39, 0.29) is 5.60 Å². The molecule has 0 spiro atoms. The van der Waals surface area contributed by atoms with Crippen molar-refractivity contribution in [1.82, 2.24) is 5.32 Å². The lowest BCUT2D eigenvalue weighted by Gasteiger charge is -2.23. The second kappa shape index (κ2) is 5.20. The van der Waals surface area contributed by atoms with Gasteiger partial charge in [-0.15, -0.1) is 0 Å². The minimum atomic E-state index is -0.0268. The predicted octanol–water partition coefficient (Wildman–Crippen LogP) is 2.31. The molecule has 0 saturated heterocycles. The minimum absolute atomic E-state index is 0.0268. The fourth-order valence-electron chi connectivity index (χ4n) is 0.767. The average Bonchev–Trinajstić information content (AvgIpc) is 2.04. The highest BCUT2D eigenvalue weighted by Gasteiger charge is 2.14. The zero-order chi connectivity index (χ0) is 9.61. The van der Waals surface area contributed by atoms with Gasteiger partial charge in [-0.2, -0.15) is 0 Å². The maximum Gasteiger partial charge on any atom is 0.0639 e. The first kappa shape index (κ1) is 11.5. The molecule has 0 unspecified atom stereocenters. The molecule has 2 nitrogen and oxygen atoms in total. The molecule has 0 aliphatic carbocycles. The molecule has 1 N–H and O–H groups in total. The van der Waals surface area contributed by atoms with E-state index in [4.69, 9.17) is 4.74 Å². The SMILES string of the molecule is C=C(CC)NCCC(C)(C)OC. The van der Waals surface area contributed by atoms with Crippen LogP contribution in [0.1, 0.15) is 33.6 Å². The molecule has 0 atom stereocenters. The number of rotatable bonds is 6. The van der Waals surface area contributed by atoms with Gasteiger partial charge in [-0.1, -0.05) is 13.5 Å². The van der Waals surface area contributed by atoms with Crippen LogP contribution in [0, 0.1) is 0 Å². The van der Waals surface area contributed by atoms with E-state index in [2.05, 4.69) is 32.7 Å². The molecule has 0 aliphatic heterocycles. The van der Waals surface area contributed by atoms with Gasteiger partial charge in [0, 0.05) is 19.4 Å². The van der Waals surface area contributed by atoms with E-state index in [1.807, 2.05) is 0 Å². The Balaban J connectivity index is 3.49. The van der Waals surface area contributed by atoms with Crippen molar-refractivity contribution in [3.63, 3.8) is 0 Å². The molecule has 0 fully saturated rings. The van der Waals surface area contributed by atoms with Gasteiger partial charge in [0.1, 0.15) is 0 Å². The molecule has 2 heteroatoms. The topological polar surface area (TPSA) is 21.3 Å². The summed E-state index contributed by atoms with van der Waals surface area (Å²) >= 11 is 0. The van der Waals surface area contributed by atoms with Crippen molar-refractivity contribution in [2.45, 2.75) is 39.2 Å². The van der Waals surface area contributed by atoms with Crippen LogP contribution in [0.2, 0.25) is 0 Å². The van der Waals surface area contributed by atoms with Gasteiger partial charge >= 0.3 is 0 Å². The normalized spacial score (nSPS) is 11.3. The van der Waals surface area contributed by atoms with Crippen LogP contribution in [-0.2, 0) is 4.74 Å². The fourth-order valence-corrected chi connectivity index (χ4v) is 0.767. The van der Waals surface area contributed by atoms with Gasteiger partial charge in [-0.05, 0) is 26.7 Å². The quantitative estimate of drug-likeness (QED) is 0.662. The van der Waals surface area contributed by atoms with Crippen molar-refractivity contribution >= 4 is 0 Å². The Hall–Kier alpha value is -0.500. The molecule has 0 amide bonds. The van der Waals surface area contributed by atoms with Gasteiger partial charge in [-0.3, -0.25) is 0 Å². The van der Waals surface area contributed by atoms with E-state index in [9.17, 15) is 0 Å². The minimum Gasteiger partial charge on any atom is -0.389 e. The summed E-state index contributed by atoms with van der Waals surface area (Å²) in [7, 11) is 1.74. The summed E-state index contributed by atoms with van der Waals surface area (Å²) in [6, 6.07) is 0. The van der Waals surface area contributed by atoms with Crippen LogP contribution in [0.4, 0.5) is 0 Å². The number of ether oxygens (including phenoxy) is 1. The average molecular weight is 171 g/mol. The number of allylic oxidation sites excluding steroid dienone is 1. The number of nitrogens with one attached hydrogen (secondary N) is 1. The van der Waals surface area contributed by atoms with E-state index < -0.39 is 0 Å². The highest BCUT2D eigenvalue weighted by molar-refractivity contribution is 4.89. The lowest BCUT2D eigenvalue weighted by molar-refractivity contribution is 0.0163. The van der Waals surface area contributed by atoms with Crippen LogP contribution in [0.3, 0.4) is 0 Å². The molecule has 0 radical (unpaired) electrons. The van der Waals surface area contributed by atoms with Crippen molar-refractivity contribution in [3.8, 4) is 0 Å². The smallest absolute Gasteiger partial charge is 0.0639 e. The number of hydrogen-bond acceptors (Lipinski definition) is 2. The van der Waals surface area contributed by atoms with Crippen LogP contribution in [0.25, 0.3) is 0 Å². The zero-order valence-corrected chi connectivity index (χ0v) is 8.74. The molecule has 0 heterocycles. The van der Waals surface area contributed by atoms with Gasteiger partial charge in [0.25, 0.3) is 0 Å². The largest absolute Gasteiger partial charge is 0.389 e. The molecule has 0 bridgehead atoms. The Morgan fingerprint density at radius 3 is 2.50 bits per heavy atom. The Morgan fingerprint density at radius 2 is 2.08 bits per heavy atom. The molecule has 0 saturated carbocycles. The van der Waals surface area contributed by atoms with Gasteiger partial charge in [0.15, 0.2) is 0 Å². The summed E-state index contributed by atoms with van der Waals surface area (Å²) in [5, 5.41) is 3.25. The molecular weight excluding hydrogens is 150 g/mol. The second-order valence-electron chi connectivity index (χ2n) is 3.60. The van der Waals surface area contributed by atoms with Crippen molar-refractivity contribution in [2.24, 2.45) is 0 Å². The second-order valence-corrected chi connectivity index (χ2v) is 3.60. The van der Waals surface area contributed by atoms with Crippen molar-refractivity contribution < 1.29 is 4.74 Å². The predicted molar refractivity (Wildman–Crippen MR) is 53.1 cm³/mol. The first-order chi connectivity index (χ1) is 5.52. The lowest BCUT2D eigenvalue weighted by atomic mass is 10.1. The summed E-state index contributed by atoms with van der Waals surface area (Å²) in [5.74, 6) is 0. The number of hydrogen-bond donors (Lipinski definition) is 1. The maximum absolute atomic E-state index is 5.28. The van der Waals surface area contributed by atoms with Gasteiger partial charge in [-0.25, -0.2) is 0 Å². The van der Waals surface area contributed by atoms with Crippen molar-refractivity contribution in [3.05, 3.63) is 12.3 Å². The highest BCUT2D eigenvalue weighted by atomic mass is 16.5. The summed E-state index contributed by atoms with van der Waals surface area (Å²) in [6.07, 6.45) is 2.00. The molecule has 72 valence electrons. The van der Waals surface area contributed by atoms with E-state index in [1.165, 1.54) is 0 Å². The third-order valence-corrected chi connectivity index (χ3v) is 2.08. The Morgan fingerprint density at radius 1 is 1.50 bits per heavy atom. The van der Waals surface area contributed by atoms with Crippen LogP contribution in [-0.4, -0.2) is 19.3 Å². The van der Waals surface area contributed by atoms with Gasteiger partial charge in [0.2, 0.25) is 0 Å². The molecule has 0 aromatic rings. The molecule has 12 heavy (non-hydrogen) atoms. The van der Waals surface area contributed by atoms with Crippen molar-refractivity contribution in [2.75, 3.05) is 13.7 Å². The van der Waals surface area contributed by atoms with E-state index >= 15 is 0 Å². The molecule has 0 aliphatic rings. The Kier molecular flexibility index (Phi) is 4.98. The van der Waals surface area contributed by atoms with E-state index in [1.54, 1.807) is 7.11 Å². The van der Waals surface area contributed by atoms with E-state index in [0.29, 0.717) is 0 Å². The van der Waals surface area contributed by atoms with Gasteiger partial charge < -0.3 is 10.1 Å². The Bertz CT molecular complexity index is 141. The molecule has 0 aromatic carbocycles. The highest BCUT2D eigenvalue weighted by Crippen LogP contribution is 2.11. The molecular formula is C10H21NO. The molecule has 0 aromatic heterocycles. The number of methoxy groups -OCH3 is 1. The first-order valence-electron chi connectivity index (χ1n) is 4.48. The van der Waals surface area contributed by atoms with Crippen LogP contribution >= 0.6 is 0 Å².